The maximum absolute atomic E-state index is 12.6. The third kappa shape index (κ3) is 2.61. The van der Waals surface area contributed by atoms with Crippen LogP contribution in [0.4, 0.5) is 0 Å². The highest BCUT2D eigenvalue weighted by molar-refractivity contribution is 5.99. The number of fused-ring (bicyclic) bond motifs is 1. The number of cyclic esters (lactones) is 1. The van der Waals surface area contributed by atoms with E-state index in [4.69, 9.17) is 14.2 Å². The van der Waals surface area contributed by atoms with Crippen molar-refractivity contribution >= 4 is 11.9 Å². The van der Waals surface area contributed by atoms with E-state index < -0.39 is 11.9 Å². The zero-order valence-corrected chi connectivity index (χ0v) is 14.8. The van der Waals surface area contributed by atoms with E-state index in [1.807, 2.05) is 0 Å². The Morgan fingerprint density at radius 3 is 2.38 bits per heavy atom. The van der Waals surface area contributed by atoms with Crippen LogP contribution in [0.2, 0.25) is 0 Å². The van der Waals surface area contributed by atoms with Gasteiger partial charge in [-0.1, -0.05) is 0 Å². The van der Waals surface area contributed by atoms with Crippen molar-refractivity contribution in [2.75, 3.05) is 7.11 Å². The van der Waals surface area contributed by atoms with Crippen molar-refractivity contribution in [3.63, 3.8) is 0 Å². The number of carbonyl (C=O) groups excluding carboxylic acids is 2. The van der Waals surface area contributed by atoms with Gasteiger partial charge < -0.3 is 24.4 Å². The van der Waals surface area contributed by atoms with Crippen LogP contribution < -0.4 is 9.47 Å². The number of aryl methyl sites for hydroxylation is 1. The van der Waals surface area contributed by atoms with E-state index in [1.54, 1.807) is 19.9 Å². The lowest BCUT2D eigenvalue weighted by molar-refractivity contribution is 0.0532. The molecule has 26 heavy (non-hydrogen) atoms. The molecule has 0 amide bonds. The zero-order valence-electron chi connectivity index (χ0n) is 14.8. The number of methoxy groups -OCH3 is 1. The van der Waals surface area contributed by atoms with E-state index in [1.165, 1.54) is 20.1 Å². The summed E-state index contributed by atoms with van der Waals surface area (Å²) in [6.45, 7) is 4.80. The lowest BCUT2D eigenvalue weighted by Crippen LogP contribution is -2.13. The van der Waals surface area contributed by atoms with Crippen LogP contribution in [-0.2, 0) is 11.3 Å². The number of ether oxygens (including phenoxy) is 3. The summed E-state index contributed by atoms with van der Waals surface area (Å²) in [4.78, 5) is 24.3. The molecule has 0 aliphatic carbocycles. The fourth-order valence-electron chi connectivity index (χ4n) is 2.95. The van der Waals surface area contributed by atoms with E-state index in [9.17, 15) is 19.8 Å². The molecule has 7 heteroatoms. The first kappa shape index (κ1) is 17.6. The quantitative estimate of drug-likeness (QED) is 0.642. The van der Waals surface area contributed by atoms with Crippen LogP contribution in [-0.4, -0.2) is 29.3 Å². The summed E-state index contributed by atoms with van der Waals surface area (Å²) in [7, 11) is 1.47. The molecule has 1 heterocycles. The number of carbonyl (C=O) groups is 2. The van der Waals surface area contributed by atoms with Crippen LogP contribution >= 0.6 is 0 Å². The summed E-state index contributed by atoms with van der Waals surface area (Å²) in [5.74, 6) is -1.35. The molecule has 3 rings (SSSR count). The van der Waals surface area contributed by atoms with E-state index in [-0.39, 0.29) is 40.5 Å². The van der Waals surface area contributed by atoms with Gasteiger partial charge in [0.15, 0.2) is 0 Å². The van der Waals surface area contributed by atoms with Crippen LogP contribution in [0, 0.1) is 20.8 Å². The Labute approximate surface area is 149 Å². The first-order chi connectivity index (χ1) is 12.3. The molecule has 0 saturated carbocycles. The van der Waals surface area contributed by atoms with Gasteiger partial charge in [0, 0.05) is 16.7 Å². The Morgan fingerprint density at radius 1 is 1.08 bits per heavy atom. The molecule has 2 aromatic rings. The third-order valence-corrected chi connectivity index (χ3v) is 4.48. The number of hydrogen-bond acceptors (Lipinski definition) is 7. The smallest absolute Gasteiger partial charge is 0.347 e. The second-order valence-electron chi connectivity index (χ2n) is 6.09. The summed E-state index contributed by atoms with van der Waals surface area (Å²) in [5.41, 5.74) is 1.66. The Bertz CT molecular complexity index is 944. The molecule has 136 valence electrons. The lowest BCUT2D eigenvalue weighted by atomic mass is 10.0. The Balaban J connectivity index is 2.01. The molecule has 2 aromatic carbocycles. The van der Waals surface area contributed by atoms with Crippen molar-refractivity contribution in [2.45, 2.75) is 27.4 Å². The molecule has 0 radical (unpaired) electrons. The van der Waals surface area contributed by atoms with Crippen molar-refractivity contribution in [1.29, 1.82) is 0 Å². The first-order valence-corrected chi connectivity index (χ1v) is 7.88. The van der Waals surface area contributed by atoms with Crippen molar-refractivity contribution in [1.82, 2.24) is 0 Å². The van der Waals surface area contributed by atoms with Crippen LogP contribution in [0.25, 0.3) is 0 Å². The number of aromatic hydroxyl groups is 2. The minimum Gasteiger partial charge on any atom is -0.507 e. The molecular weight excluding hydrogens is 340 g/mol. The van der Waals surface area contributed by atoms with E-state index >= 15 is 0 Å². The number of esters is 2. The molecule has 0 spiro atoms. The second kappa shape index (κ2) is 6.25. The highest BCUT2D eigenvalue weighted by Gasteiger charge is 2.30. The van der Waals surface area contributed by atoms with Crippen LogP contribution in [0.3, 0.4) is 0 Å². The molecule has 7 nitrogen and oxygen atoms in total. The van der Waals surface area contributed by atoms with E-state index in [2.05, 4.69) is 0 Å². The fourth-order valence-corrected chi connectivity index (χ4v) is 2.95. The average molecular weight is 358 g/mol. The number of benzene rings is 2. The van der Waals surface area contributed by atoms with Crippen LogP contribution in [0.15, 0.2) is 12.1 Å². The minimum atomic E-state index is -0.779. The molecule has 0 atom stereocenters. The molecule has 0 fully saturated rings. The van der Waals surface area contributed by atoms with Crippen molar-refractivity contribution < 1.29 is 34.0 Å². The molecule has 0 aromatic heterocycles. The summed E-state index contributed by atoms with van der Waals surface area (Å²) in [6.07, 6.45) is 0. The van der Waals surface area contributed by atoms with E-state index in [0.29, 0.717) is 22.4 Å². The maximum atomic E-state index is 12.6. The van der Waals surface area contributed by atoms with Crippen LogP contribution in [0.5, 0.6) is 23.0 Å². The number of hydrogen-bond donors (Lipinski definition) is 2. The van der Waals surface area contributed by atoms with Gasteiger partial charge in [0.25, 0.3) is 0 Å². The van der Waals surface area contributed by atoms with Gasteiger partial charge in [-0.2, -0.15) is 0 Å². The summed E-state index contributed by atoms with van der Waals surface area (Å²) >= 11 is 0. The molecule has 1 aliphatic rings. The lowest BCUT2D eigenvalue weighted by Gasteiger charge is -2.15. The van der Waals surface area contributed by atoms with Crippen LogP contribution in [0.1, 0.15) is 43.0 Å². The molecule has 1 aliphatic heterocycles. The highest BCUT2D eigenvalue weighted by Crippen LogP contribution is 2.39. The largest absolute Gasteiger partial charge is 0.507 e. The monoisotopic (exact) mass is 358 g/mol. The van der Waals surface area contributed by atoms with Crippen molar-refractivity contribution in [2.24, 2.45) is 0 Å². The standard InChI is InChI=1S/C19H18O7/c1-8-5-12(24-4)9(2)16(20)14(8)19(23)26-13-6-11-7-25-18(22)15(11)17(21)10(13)3/h5-6,20-21H,7H2,1-4H3. The maximum Gasteiger partial charge on any atom is 0.347 e. The normalized spacial score (nSPS) is 12.5. The molecule has 2 N–H and O–H groups in total. The molecular formula is C19H18O7. The van der Waals surface area contributed by atoms with Gasteiger partial charge in [0.05, 0.1) is 7.11 Å². The predicted molar refractivity (Wildman–Crippen MR) is 91.1 cm³/mol. The summed E-state index contributed by atoms with van der Waals surface area (Å²) in [6, 6.07) is 3.11. The van der Waals surface area contributed by atoms with Gasteiger partial charge in [-0.25, -0.2) is 9.59 Å². The predicted octanol–water partition coefficient (Wildman–Crippen LogP) is 2.92. The molecule has 0 bridgehead atoms. The van der Waals surface area contributed by atoms with Gasteiger partial charge in [-0.3, -0.25) is 0 Å². The Morgan fingerprint density at radius 2 is 1.73 bits per heavy atom. The highest BCUT2D eigenvalue weighted by atomic mass is 16.5. The number of phenolic OH excluding ortho intramolecular Hbond substituents is 2. The first-order valence-electron chi connectivity index (χ1n) is 7.88. The van der Waals surface area contributed by atoms with Gasteiger partial charge in [-0.05, 0) is 38.5 Å². The van der Waals surface area contributed by atoms with Gasteiger partial charge in [0.1, 0.15) is 40.7 Å². The third-order valence-electron chi connectivity index (χ3n) is 4.48. The molecule has 0 saturated heterocycles. The van der Waals surface area contributed by atoms with Gasteiger partial charge >= 0.3 is 11.9 Å². The van der Waals surface area contributed by atoms with Crippen molar-refractivity contribution in [3.05, 3.63) is 45.5 Å². The SMILES string of the molecule is COc1cc(C)c(C(=O)Oc2cc3c(c(O)c2C)C(=O)OC3)c(O)c1C. The van der Waals surface area contributed by atoms with E-state index in [0.717, 1.165) is 0 Å². The summed E-state index contributed by atoms with van der Waals surface area (Å²) in [5, 5.41) is 20.6. The Kier molecular flexibility index (Phi) is 4.23. The average Bonchev–Trinajstić information content (AvgIpc) is 2.96. The van der Waals surface area contributed by atoms with Gasteiger partial charge in [0.2, 0.25) is 0 Å². The molecule has 0 unspecified atom stereocenters. The fraction of sp³-hybridized carbons (Fsp3) is 0.263. The van der Waals surface area contributed by atoms with Crippen molar-refractivity contribution in [3.8, 4) is 23.0 Å². The number of rotatable bonds is 3. The Hall–Kier alpha value is -3.22. The van der Waals surface area contributed by atoms with Gasteiger partial charge in [-0.15, -0.1) is 0 Å². The second-order valence-corrected chi connectivity index (χ2v) is 6.09. The minimum absolute atomic E-state index is 0.00151. The topological polar surface area (TPSA) is 102 Å². The number of phenols is 2. The zero-order chi connectivity index (χ0) is 19.2. The summed E-state index contributed by atoms with van der Waals surface area (Å²) < 4.78 is 15.5.